The van der Waals surface area contributed by atoms with Crippen molar-refractivity contribution in [3.8, 4) is 5.75 Å². The van der Waals surface area contributed by atoms with Gasteiger partial charge in [0.15, 0.2) is 0 Å². The molecule has 2 atom stereocenters. The van der Waals surface area contributed by atoms with Gasteiger partial charge < -0.3 is 20.5 Å². The van der Waals surface area contributed by atoms with Crippen LogP contribution in [-0.2, 0) is 16.1 Å². The third kappa shape index (κ3) is 8.56. The Morgan fingerprint density at radius 3 is 2.65 bits per heavy atom. The highest BCUT2D eigenvalue weighted by molar-refractivity contribution is 5.85. The van der Waals surface area contributed by atoms with Crippen LogP contribution in [0.4, 0.5) is 0 Å². The fourth-order valence-electron chi connectivity index (χ4n) is 2.45. The van der Waals surface area contributed by atoms with Crippen molar-refractivity contribution in [1.29, 1.82) is 0 Å². The molecule has 0 aromatic heterocycles. The van der Waals surface area contributed by atoms with Gasteiger partial charge in [0.25, 0.3) is 0 Å². The van der Waals surface area contributed by atoms with Gasteiger partial charge in [0.05, 0.1) is 13.2 Å². The minimum atomic E-state index is -0.196. The second-order valence-corrected chi connectivity index (χ2v) is 6.32. The van der Waals surface area contributed by atoms with E-state index in [1.807, 2.05) is 38.1 Å². The van der Waals surface area contributed by atoms with Gasteiger partial charge in [-0.15, -0.1) is 24.8 Å². The molecule has 150 valence electrons. The number of hydrogen-bond acceptors (Lipinski definition) is 5. The highest BCUT2D eigenvalue weighted by Gasteiger charge is 2.16. The Kier molecular flexibility index (Phi) is 12.6. The van der Waals surface area contributed by atoms with Gasteiger partial charge in [0.1, 0.15) is 12.4 Å². The second kappa shape index (κ2) is 13.2. The molecule has 1 aliphatic heterocycles. The molecule has 1 fully saturated rings. The molecule has 8 heteroatoms. The molecular weight excluding hydrogens is 377 g/mol. The van der Waals surface area contributed by atoms with E-state index >= 15 is 0 Å². The van der Waals surface area contributed by atoms with Crippen molar-refractivity contribution in [1.82, 2.24) is 10.2 Å². The summed E-state index contributed by atoms with van der Waals surface area (Å²) < 4.78 is 11.2. The first-order valence-corrected chi connectivity index (χ1v) is 8.61. The first-order valence-electron chi connectivity index (χ1n) is 8.61. The Labute approximate surface area is 168 Å². The molecule has 1 aromatic rings. The zero-order chi connectivity index (χ0) is 17.4. The second-order valence-electron chi connectivity index (χ2n) is 6.32. The quantitative estimate of drug-likeness (QED) is 0.687. The average Bonchev–Trinajstić information content (AvgIpc) is 2.60. The third-order valence-electron chi connectivity index (χ3n) is 4.35. The average molecular weight is 408 g/mol. The highest BCUT2D eigenvalue weighted by atomic mass is 35.5. The Morgan fingerprint density at radius 1 is 1.31 bits per heavy atom. The number of ether oxygens (including phenoxy) is 2. The molecule has 0 aliphatic carbocycles. The van der Waals surface area contributed by atoms with Gasteiger partial charge in [-0.2, -0.15) is 0 Å². The number of carbonyl (C=O) groups excluding carboxylic acids is 1. The van der Waals surface area contributed by atoms with Crippen LogP contribution in [0.2, 0.25) is 0 Å². The lowest BCUT2D eigenvalue weighted by molar-refractivity contribution is -0.125. The van der Waals surface area contributed by atoms with E-state index in [9.17, 15) is 4.79 Å². The van der Waals surface area contributed by atoms with Crippen LogP contribution in [0.15, 0.2) is 24.3 Å². The monoisotopic (exact) mass is 407 g/mol. The summed E-state index contributed by atoms with van der Waals surface area (Å²) in [5.74, 6) is 0.608. The van der Waals surface area contributed by atoms with Gasteiger partial charge in [-0.25, -0.2) is 0 Å². The van der Waals surface area contributed by atoms with Gasteiger partial charge in [-0.1, -0.05) is 19.1 Å². The number of benzene rings is 1. The Bertz CT molecular complexity index is 526. The maximum atomic E-state index is 12.0. The summed E-state index contributed by atoms with van der Waals surface area (Å²) in [5.41, 5.74) is 6.77. The summed E-state index contributed by atoms with van der Waals surface area (Å²) in [7, 11) is 0. The van der Waals surface area contributed by atoms with Crippen LogP contribution in [0.1, 0.15) is 19.4 Å². The van der Waals surface area contributed by atoms with Crippen LogP contribution >= 0.6 is 24.8 Å². The van der Waals surface area contributed by atoms with E-state index in [0.29, 0.717) is 13.2 Å². The minimum absolute atomic E-state index is 0. The van der Waals surface area contributed by atoms with E-state index in [-0.39, 0.29) is 42.7 Å². The van der Waals surface area contributed by atoms with Crippen molar-refractivity contribution in [3.05, 3.63) is 29.8 Å². The van der Waals surface area contributed by atoms with E-state index in [0.717, 1.165) is 44.2 Å². The van der Waals surface area contributed by atoms with E-state index in [1.54, 1.807) is 0 Å². The van der Waals surface area contributed by atoms with Crippen molar-refractivity contribution >= 4 is 30.7 Å². The number of hydrogen-bond donors (Lipinski definition) is 2. The maximum absolute atomic E-state index is 12.0. The van der Waals surface area contributed by atoms with Crippen molar-refractivity contribution in [2.24, 2.45) is 11.7 Å². The fraction of sp³-hybridized carbons (Fsp3) is 0.611. The zero-order valence-electron chi connectivity index (χ0n) is 15.5. The molecule has 0 saturated carbocycles. The summed E-state index contributed by atoms with van der Waals surface area (Å²) in [4.78, 5) is 14.3. The standard InChI is InChI=1S/C18H29N3O3.2ClH/c1-14(15(2)19)18(22)20-13-16-4-3-5-17(12-16)24-11-8-21-6-9-23-10-7-21;;/h3-5,12,14-15H,6-11,13,19H2,1-2H3,(H,20,22);2*1H. The number of carbonyl (C=O) groups is 1. The fourth-order valence-corrected chi connectivity index (χ4v) is 2.45. The van der Waals surface area contributed by atoms with Crippen LogP contribution in [0.5, 0.6) is 5.75 Å². The number of halogens is 2. The van der Waals surface area contributed by atoms with E-state index in [4.69, 9.17) is 15.2 Å². The Balaban J connectivity index is 0.00000312. The number of nitrogens with zero attached hydrogens (tertiary/aromatic N) is 1. The summed E-state index contributed by atoms with van der Waals surface area (Å²) in [6, 6.07) is 7.68. The molecule has 3 N–H and O–H groups in total. The molecule has 0 spiro atoms. The van der Waals surface area contributed by atoms with Crippen LogP contribution < -0.4 is 15.8 Å². The molecular formula is C18H31Cl2N3O3. The molecule has 1 saturated heterocycles. The van der Waals surface area contributed by atoms with Gasteiger partial charge in [0, 0.05) is 38.1 Å². The molecule has 1 aromatic carbocycles. The molecule has 2 rings (SSSR count). The number of nitrogens with one attached hydrogen (secondary N) is 1. The molecule has 6 nitrogen and oxygen atoms in total. The lowest BCUT2D eigenvalue weighted by Gasteiger charge is -2.26. The van der Waals surface area contributed by atoms with Crippen LogP contribution in [0.3, 0.4) is 0 Å². The third-order valence-corrected chi connectivity index (χ3v) is 4.35. The summed E-state index contributed by atoms with van der Waals surface area (Å²) >= 11 is 0. The van der Waals surface area contributed by atoms with Crippen molar-refractivity contribution in [3.63, 3.8) is 0 Å². The molecule has 2 unspecified atom stereocenters. The van der Waals surface area contributed by atoms with Crippen molar-refractivity contribution < 1.29 is 14.3 Å². The first-order chi connectivity index (χ1) is 11.6. The van der Waals surface area contributed by atoms with E-state index < -0.39 is 0 Å². The Morgan fingerprint density at radius 2 is 2.00 bits per heavy atom. The molecule has 1 amide bonds. The highest BCUT2D eigenvalue weighted by Crippen LogP contribution is 2.13. The van der Waals surface area contributed by atoms with Gasteiger partial charge in [-0.3, -0.25) is 9.69 Å². The molecule has 1 aliphatic rings. The largest absolute Gasteiger partial charge is 0.492 e. The smallest absolute Gasteiger partial charge is 0.224 e. The summed E-state index contributed by atoms with van der Waals surface area (Å²) in [6.07, 6.45) is 0. The van der Waals surface area contributed by atoms with Crippen molar-refractivity contribution in [2.45, 2.75) is 26.4 Å². The van der Waals surface area contributed by atoms with Gasteiger partial charge in [0.2, 0.25) is 5.91 Å². The SMILES string of the molecule is CC(N)C(C)C(=O)NCc1cccc(OCCN2CCOCC2)c1.Cl.Cl. The number of nitrogens with two attached hydrogens (primary N) is 1. The Hall–Kier alpha value is -1.05. The van der Waals surface area contributed by atoms with E-state index in [2.05, 4.69) is 10.2 Å². The predicted octanol–water partition coefficient (Wildman–Crippen LogP) is 1.84. The zero-order valence-corrected chi connectivity index (χ0v) is 17.1. The van der Waals surface area contributed by atoms with Crippen LogP contribution in [-0.4, -0.2) is 56.3 Å². The first kappa shape index (κ1) is 24.9. The molecule has 0 bridgehead atoms. The number of rotatable bonds is 8. The summed E-state index contributed by atoms with van der Waals surface area (Å²) in [5, 5.41) is 2.92. The topological polar surface area (TPSA) is 76.8 Å². The van der Waals surface area contributed by atoms with Crippen molar-refractivity contribution in [2.75, 3.05) is 39.5 Å². The van der Waals surface area contributed by atoms with Gasteiger partial charge >= 0.3 is 0 Å². The number of amides is 1. The summed E-state index contributed by atoms with van der Waals surface area (Å²) in [6.45, 7) is 9.24. The van der Waals surface area contributed by atoms with E-state index in [1.165, 1.54) is 0 Å². The van der Waals surface area contributed by atoms with Gasteiger partial charge in [-0.05, 0) is 24.6 Å². The maximum Gasteiger partial charge on any atom is 0.224 e. The molecule has 1 heterocycles. The lowest BCUT2D eigenvalue weighted by Crippen LogP contribution is -2.38. The molecule has 26 heavy (non-hydrogen) atoms. The lowest BCUT2D eigenvalue weighted by atomic mass is 10.0. The molecule has 0 radical (unpaired) electrons. The predicted molar refractivity (Wildman–Crippen MR) is 108 cm³/mol. The normalized spacial score (nSPS) is 16.6. The van der Waals surface area contributed by atoms with Crippen LogP contribution in [0, 0.1) is 5.92 Å². The minimum Gasteiger partial charge on any atom is -0.492 e. The van der Waals surface area contributed by atoms with Crippen LogP contribution in [0.25, 0.3) is 0 Å². The number of morpholine rings is 1.